The van der Waals surface area contributed by atoms with Gasteiger partial charge in [-0.25, -0.2) is 4.79 Å². The van der Waals surface area contributed by atoms with E-state index in [0.717, 1.165) is 0 Å². The molecule has 0 aromatic heterocycles. The monoisotopic (exact) mass is 272 g/mol. The van der Waals surface area contributed by atoms with Crippen LogP contribution in [0.5, 0.6) is 0 Å². The minimum Gasteiger partial charge on any atom is -0.420 e. The summed E-state index contributed by atoms with van der Waals surface area (Å²) in [6, 6.07) is -0.457. The number of nitrogens with zero attached hydrogens (tertiary/aromatic N) is 1. The van der Waals surface area contributed by atoms with E-state index in [9.17, 15) is 14.4 Å². The van der Waals surface area contributed by atoms with Crippen LogP contribution in [0.3, 0.4) is 0 Å². The fraction of sp³-hybridized carbons (Fsp3) is 0.769. The van der Waals surface area contributed by atoms with Crippen LogP contribution in [0.1, 0.15) is 47.5 Å². The molecule has 0 aliphatic carbocycles. The molecule has 3 amide bonds. The molecule has 6 heteroatoms. The summed E-state index contributed by atoms with van der Waals surface area (Å²) in [5.41, 5.74) is -0.766. The van der Waals surface area contributed by atoms with Gasteiger partial charge in [0.2, 0.25) is 0 Å². The van der Waals surface area contributed by atoms with Crippen LogP contribution in [0.4, 0.5) is 9.59 Å². The summed E-state index contributed by atoms with van der Waals surface area (Å²) in [4.78, 5) is 36.6. The maximum absolute atomic E-state index is 12.3. The van der Waals surface area contributed by atoms with Crippen LogP contribution in [0.2, 0.25) is 0 Å². The molecule has 0 saturated carbocycles. The van der Waals surface area contributed by atoms with Crippen LogP contribution in [-0.4, -0.2) is 40.8 Å². The smallest absolute Gasteiger partial charge is 0.420 e. The second-order valence-electron chi connectivity index (χ2n) is 5.68. The molecule has 2 atom stereocenters. The summed E-state index contributed by atoms with van der Waals surface area (Å²) in [6.45, 7) is 8.51. The zero-order chi connectivity index (χ0) is 14.8. The molecule has 19 heavy (non-hydrogen) atoms. The highest BCUT2D eigenvalue weighted by Crippen LogP contribution is 2.32. The SMILES string of the molecule is CCOC(=O)[N+]1(C(=O)OC(C)(C)C)C(=O)CC[C@H]1C. The third-order valence-electron chi connectivity index (χ3n) is 3.07. The van der Waals surface area contributed by atoms with Gasteiger partial charge in [0.1, 0.15) is 11.6 Å². The van der Waals surface area contributed by atoms with E-state index >= 15 is 0 Å². The first kappa shape index (κ1) is 15.6. The van der Waals surface area contributed by atoms with E-state index in [0.29, 0.717) is 6.42 Å². The van der Waals surface area contributed by atoms with E-state index in [4.69, 9.17) is 9.47 Å². The lowest BCUT2D eigenvalue weighted by atomic mass is 10.2. The average Bonchev–Trinajstić information content (AvgIpc) is 2.53. The molecule has 1 fully saturated rings. The lowest BCUT2D eigenvalue weighted by Crippen LogP contribution is -2.63. The highest BCUT2D eigenvalue weighted by atomic mass is 16.6. The van der Waals surface area contributed by atoms with Gasteiger partial charge in [0.15, 0.2) is 0 Å². The van der Waals surface area contributed by atoms with Crippen LogP contribution in [-0.2, 0) is 14.3 Å². The molecule has 1 aliphatic rings. The predicted molar refractivity (Wildman–Crippen MR) is 67.2 cm³/mol. The van der Waals surface area contributed by atoms with Gasteiger partial charge in [-0.1, -0.05) is 4.48 Å². The summed E-state index contributed by atoms with van der Waals surface area (Å²) in [7, 11) is 0. The highest BCUT2D eigenvalue weighted by Gasteiger charge is 2.63. The third kappa shape index (κ3) is 2.78. The molecule has 1 rings (SSSR count). The lowest BCUT2D eigenvalue weighted by molar-refractivity contribution is -0.726. The van der Waals surface area contributed by atoms with Crippen molar-refractivity contribution in [1.82, 2.24) is 0 Å². The number of hydrogen-bond acceptors (Lipinski definition) is 5. The van der Waals surface area contributed by atoms with E-state index in [1.54, 1.807) is 34.6 Å². The second-order valence-corrected chi connectivity index (χ2v) is 5.68. The molecule has 1 heterocycles. The van der Waals surface area contributed by atoms with Gasteiger partial charge in [0, 0.05) is 6.42 Å². The highest BCUT2D eigenvalue weighted by molar-refractivity contribution is 5.94. The molecule has 1 saturated heterocycles. The Balaban J connectivity index is 3.16. The Bertz CT molecular complexity index is 398. The minimum atomic E-state index is -0.981. The van der Waals surface area contributed by atoms with Crippen molar-refractivity contribution in [2.75, 3.05) is 6.61 Å². The van der Waals surface area contributed by atoms with E-state index in [1.165, 1.54) is 0 Å². The Labute approximate surface area is 113 Å². The number of quaternary nitrogens is 1. The molecule has 0 aromatic rings. The maximum Gasteiger partial charge on any atom is 0.535 e. The quantitative estimate of drug-likeness (QED) is 0.686. The average molecular weight is 272 g/mol. The molecule has 0 bridgehead atoms. The number of carbonyl (C=O) groups excluding carboxylic acids is 3. The van der Waals surface area contributed by atoms with Crippen molar-refractivity contribution in [2.45, 2.75) is 59.1 Å². The zero-order valence-electron chi connectivity index (χ0n) is 12.2. The number of amides is 3. The van der Waals surface area contributed by atoms with E-state index in [-0.39, 0.29) is 13.0 Å². The number of rotatable bonds is 1. The topological polar surface area (TPSA) is 69.7 Å². The van der Waals surface area contributed by atoms with Crippen LogP contribution in [0, 0.1) is 0 Å². The van der Waals surface area contributed by atoms with Gasteiger partial charge in [0.05, 0.1) is 13.0 Å². The molecule has 1 aliphatic heterocycles. The van der Waals surface area contributed by atoms with Crippen LogP contribution in [0.25, 0.3) is 0 Å². The minimum absolute atomic E-state index is 0.113. The molecular formula is C13H22NO5+. The number of likely N-dealkylation sites (tertiary alicyclic amines) is 1. The van der Waals surface area contributed by atoms with Gasteiger partial charge >= 0.3 is 18.1 Å². The first-order valence-electron chi connectivity index (χ1n) is 6.49. The van der Waals surface area contributed by atoms with Gasteiger partial charge in [-0.15, -0.1) is 0 Å². The third-order valence-corrected chi connectivity index (χ3v) is 3.07. The van der Waals surface area contributed by atoms with Crippen molar-refractivity contribution in [3.05, 3.63) is 0 Å². The van der Waals surface area contributed by atoms with Crippen molar-refractivity contribution in [3.63, 3.8) is 0 Å². The number of carbonyl (C=O) groups is 3. The van der Waals surface area contributed by atoms with Crippen molar-refractivity contribution < 1.29 is 28.3 Å². The molecule has 0 spiro atoms. The van der Waals surface area contributed by atoms with Crippen LogP contribution < -0.4 is 0 Å². The van der Waals surface area contributed by atoms with Crippen molar-refractivity contribution >= 4 is 18.1 Å². The summed E-state index contributed by atoms with van der Waals surface area (Å²) in [5, 5.41) is 0. The van der Waals surface area contributed by atoms with Gasteiger partial charge in [-0.3, -0.25) is 0 Å². The van der Waals surface area contributed by atoms with E-state index in [1.807, 2.05) is 0 Å². The van der Waals surface area contributed by atoms with E-state index in [2.05, 4.69) is 0 Å². The first-order valence-corrected chi connectivity index (χ1v) is 6.49. The zero-order valence-corrected chi connectivity index (χ0v) is 12.2. The Morgan fingerprint density at radius 3 is 2.26 bits per heavy atom. The van der Waals surface area contributed by atoms with E-state index < -0.39 is 34.2 Å². The Morgan fingerprint density at radius 2 is 1.89 bits per heavy atom. The fourth-order valence-corrected chi connectivity index (χ4v) is 2.15. The summed E-state index contributed by atoms with van der Waals surface area (Å²) < 4.78 is 9.18. The van der Waals surface area contributed by atoms with Crippen LogP contribution >= 0.6 is 0 Å². The number of hydrogen-bond donors (Lipinski definition) is 0. The van der Waals surface area contributed by atoms with Crippen molar-refractivity contribution in [3.8, 4) is 0 Å². The van der Waals surface area contributed by atoms with Gasteiger partial charge in [-0.05, 0) is 34.6 Å². The Kier molecular flexibility index (Phi) is 4.35. The number of ether oxygens (including phenoxy) is 2. The largest absolute Gasteiger partial charge is 0.535 e. The van der Waals surface area contributed by atoms with Gasteiger partial charge in [0.25, 0.3) is 0 Å². The van der Waals surface area contributed by atoms with Gasteiger partial charge < -0.3 is 9.47 Å². The molecule has 0 aromatic carbocycles. The lowest BCUT2D eigenvalue weighted by Gasteiger charge is -2.30. The predicted octanol–water partition coefficient (Wildman–Crippen LogP) is 2.60. The molecule has 0 N–H and O–H groups in total. The number of imide groups is 3. The Morgan fingerprint density at radius 1 is 1.32 bits per heavy atom. The fourth-order valence-electron chi connectivity index (χ4n) is 2.15. The first-order chi connectivity index (χ1) is 8.66. The van der Waals surface area contributed by atoms with Crippen molar-refractivity contribution in [2.24, 2.45) is 0 Å². The Hall–Kier alpha value is -1.43. The molecule has 108 valence electrons. The van der Waals surface area contributed by atoms with Crippen molar-refractivity contribution in [1.29, 1.82) is 0 Å². The second kappa shape index (κ2) is 5.28. The summed E-state index contributed by atoms with van der Waals surface area (Å²) in [5.74, 6) is -0.458. The maximum atomic E-state index is 12.3. The normalized spacial score (nSPS) is 27.2. The molecule has 1 unspecified atom stereocenters. The summed E-state index contributed by atoms with van der Waals surface area (Å²) >= 11 is 0. The standard InChI is InChI=1S/C13H22NO5/c1-6-18-11(16)14(9(2)7-8-10(14)15)12(17)19-13(3,4)5/h9H,6-8H2,1-5H3/q+1/t9-,14?/m1/s1. The van der Waals surface area contributed by atoms with Gasteiger partial charge in [-0.2, -0.15) is 9.59 Å². The summed E-state index contributed by atoms with van der Waals surface area (Å²) in [6.07, 6.45) is -1.04. The van der Waals surface area contributed by atoms with Crippen LogP contribution in [0.15, 0.2) is 0 Å². The molecule has 0 radical (unpaired) electrons. The molecular weight excluding hydrogens is 250 g/mol. The molecule has 6 nitrogen and oxygen atoms in total.